The quantitative estimate of drug-likeness (QED) is 0.287. The first kappa shape index (κ1) is 27.4. The highest BCUT2D eigenvalue weighted by Gasteiger charge is 2.55. The monoisotopic (exact) mass is 546 g/mol. The van der Waals surface area contributed by atoms with Crippen LogP contribution in [-0.4, -0.2) is 58.4 Å². The van der Waals surface area contributed by atoms with Gasteiger partial charge in [-0.3, -0.25) is 0 Å². The highest BCUT2D eigenvalue weighted by molar-refractivity contribution is 5.53. The molecule has 4 bridgehead atoms. The van der Waals surface area contributed by atoms with Crippen LogP contribution in [0.1, 0.15) is 43.2 Å². The number of aromatic nitrogens is 2. The van der Waals surface area contributed by atoms with Crippen molar-refractivity contribution in [1.82, 2.24) is 15.3 Å². The standard InChI is InChI=1S/C27H33F3N6O3/c28-27(29,30)39-22-4-2-1-3-17(22)11-33-25-34-12-20(10-31)24(36-25)35-15-26-7-16-5-18(8-26)23(19(6-16)9-26)32-13-21(38)14-37/h1-4,12,16,18-19,21,23,32,37-38H,5-9,11,13-15H2,(H2,33,34,35,36)/t16?,18-,19+,21?,23?,26?. The molecule has 4 unspecified atom stereocenters. The first-order valence-corrected chi connectivity index (χ1v) is 13.3. The van der Waals surface area contributed by atoms with Crippen LogP contribution in [-0.2, 0) is 6.54 Å². The van der Waals surface area contributed by atoms with Crippen molar-refractivity contribution in [3.63, 3.8) is 0 Å². The number of nitrogens with zero attached hydrogens (tertiary/aromatic N) is 3. The van der Waals surface area contributed by atoms with Crippen LogP contribution in [0.3, 0.4) is 0 Å². The summed E-state index contributed by atoms with van der Waals surface area (Å²) in [6, 6.07) is 8.31. The molecule has 0 saturated heterocycles. The molecule has 6 rings (SSSR count). The fourth-order valence-electron chi connectivity index (χ4n) is 7.08. The Hall–Kier alpha value is -3.14. The average Bonchev–Trinajstić information content (AvgIpc) is 2.89. The molecule has 39 heavy (non-hydrogen) atoms. The number of para-hydroxylation sites is 1. The van der Waals surface area contributed by atoms with Crippen molar-refractivity contribution in [2.24, 2.45) is 23.2 Å². The first-order valence-electron chi connectivity index (χ1n) is 13.3. The molecule has 0 aliphatic heterocycles. The molecule has 210 valence electrons. The van der Waals surface area contributed by atoms with Gasteiger partial charge in [0.05, 0.1) is 18.9 Å². The van der Waals surface area contributed by atoms with Gasteiger partial charge in [-0.15, -0.1) is 13.2 Å². The third kappa shape index (κ3) is 6.37. The number of nitrogens with one attached hydrogen (secondary N) is 3. The van der Waals surface area contributed by atoms with Gasteiger partial charge in [0.2, 0.25) is 5.95 Å². The lowest BCUT2D eigenvalue weighted by molar-refractivity contribution is -0.274. The minimum atomic E-state index is -4.80. The Kier molecular flexibility index (Phi) is 7.84. The fourth-order valence-corrected chi connectivity index (χ4v) is 7.08. The lowest BCUT2D eigenvalue weighted by Gasteiger charge is -2.60. The van der Waals surface area contributed by atoms with Gasteiger partial charge in [-0.05, 0) is 61.3 Å². The summed E-state index contributed by atoms with van der Waals surface area (Å²) < 4.78 is 42.4. The maximum Gasteiger partial charge on any atom is 0.573 e. The SMILES string of the molecule is N#Cc1cnc(NCc2ccccc2OC(F)(F)F)nc1NCC12CC3C[C@H](C1)C(NCC(O)CO)[C@@H](C3)C2. The summed E-state index contributed by atoms with van der Waals surface area (Å²) >= 11 is 0. The highest BCUT2D eigenvalue weighted by Crippen LogP contribution is 2.60. The van der Waals surface area contributed by atoms with Crippen molar-refractivity contribution in [3.05, 3.63) is 41.6 Å². The zero-order valence-corrected chi connectivity index (χ0v) is 21.4. The number of nitriles is 1. The predicted molar refractivity (Wildman–Crippen MR) is 137 cm³/mol. The molecular formula is C27H33F3N6O3. The Labute approximate surface area is 224 Å². The number of halogens is 3. The molecule has 0 radical (unpaired) electrons. The first-order chi connectivity index (χ1) is 18.7. The van der Waals surface area contributed by atoms with Gasteiger partial charge in [0.1, 0.15) is 23.2 Å². The number of aliphatic hydroxyl groups excluding tert-OH is 2. The summed E-state index contributed by atoms with van der Waals surface area (Å²) in [4.78, 5) is 8.63. The summed E-state index contributed by atoms with van der Waals surface area (Å²) in [6.07, 6.45) is 1.36. The second-order valence-electron chi connectivity index (χ2n) is 11.2. The third-order valence-corrected chi connectivity index (χ3v) is 8.38. The van der Waals surface area contributed by atoms with Crippen molar-refractivity contribution in [1.29, 1.82) is 5.26 Å². The van der Waals surface area contributed by atoms with Crippen LogP contribution in [0.25, 0.3) is 0 Å². The number of aliphatic hydroxyl groups is 2. The van der Waals surface area contributed by atoms with Crippen molar-refractivity contribution in [2.45, 2.75) is 57.2 Å². The van der Waals surface area contributed by atoms with Gasteiger partial charge in [-0.25, -0.2) is 4.98 Å². The van der Waals surface area contributed by atoms with E-state index in [0.29, 0.717) is 53.8 Å². The van der Waals surface area contributed by atoms with Crippen LogP contribution in [0.5, 0.6) is 5.75 Å². The molecule has 4 saturated carbocycles. The highest BCUT2D eigenvalue weighted by atomic mass is 19.4. The number of rotatable bonds is 11. The number of anilines is 2. The molecule has 6 atom stereocenters. The molecule has 0 spiro atoms. The summed E-state index contributed by atoms with van der Waals surface area (Å²) in [7, 11) is 0. The van der Waals surface area contributed by atoms with E-state index in [0.717, 1.165) is 32.1 Å². The molecule has 9 nitrogen and oxygen atoms in total. The van der Waals surface area contributed by atoms with Gasteiger partial charge in [0.25, 0.3) is 0 Å². The molecule has 0 amide bonds. The second kappa shape index (κ2) is 11.2. The van der Waals surface area contributed by atoms with E-state index in [1.54, 1.807) is 6.07 Å². The second-order valence-corrected chi connectivity index (χ2v) is 11.2. The maximum atomic E-state index is 12.8. The Balaban J connectivity index is 1.24. The van der Waals surface area contributed by atoms with Crippen LogP contribution < -0.4 is 20.7 Å². The van der Waals surface area contributed by atoms with E-state index < -0.39 is 12.5 Å². The van der Waals surface area contributed by atoms with Crippen molar-refractivity contribution in [3.8, 4) is 11.8 Å². The summed E-state index contributed by atoms with van der Waals surface area (Å²) in [5, 5.41) is 38.4. The van der Waals surface area contributed by atoms with E-state index in [9.17, 15) is 23.5 Å². The summed E-state index contributed by atoms with van der Waals surface area (Å²) in [6.45, 7) is 0.803. The summed E-state index contributed by atoms with van der Waals surface area (Å²) in [5.41, 5.74) is 0.674. The lowest BCUT2D eigenvalue weighted by Crippen LogP contribution is -2.60. The van der Waals surface area contributed by atoms with E-state index in [-0.39, 0.29) is 30.3 Å². The molecule has 4 aliphatic rings. The average molecular weight is 547 g/mol. The molecule has 1 aromatic carbocycles. The Morgan fingerprint density at radius 1 is 1.15 bits per heavy atom. The van der Waals surface area contributed by atoms with Crippen LogP contribution in [0.4, 0.5) is 24.9 Å². The molecule has 1 aromatic heterocycles. The van der Waals surface area contributed by atoms with E-state index in [1.807, 2.05) is 0 Å². The number of benzene rings is 1. The fraction of sp³-hybridized carbons (Fsp3) is 0.593. The maximum absolute atomic E-state index is 12.8. The Morgan fingerprint density at radius 3 is 2.59 bits per heavy atom. The topological polar surface area (TPSA) is 135 Å². The molecule has 12 heteroatoms. The molecule has 4 fully saturated rings. The molecule has 4 aliphatic carbocycles. The smallest absolute Gasteiger partial charge is 0.405 e. The number of ether oxygens (including phenoxy) is 1. The largest absolute Gasteiger partial charge is 0.573 e. The van der Waals surface area contributed by atoms with Crippen LogP contribution in [0.2, 0.25) is 0 Å². The third-order valence-electron chi connectivity index (χ3n) is 8.38. The van der Waals surface area contributed by atoms with E-state index in [1.165, 1.54) is 24.4 Å². The minimum absolute atomic E-state index is 0.00589. The summed E-state index contributed by atoms with van der Waals surface area (Å²) in [5.74, 6) is 1.94. The number of hydrogen-bond donors (Lipinski definition) is 5. The predicted octanol–water partition coefficient (Wildman–Crippen LogP) is 3.41. The van der Waals surface area contributed by atoms with Gasteiger partial charge in [0, 0.05) is 31.2 Å². The molecule has 1 heterocycles. The molecule has 5 N–H and O–H groups in total. The van der Waals surface area contributed by atoms with Gasteiger partial charge >= 0.3 is 6.36 Å². The van der Waals surface area contributed by atoms with Gasteiger partial charge in [-0.1, -0.05) is 18.2 Å². The normalized spacial score (nSPS) is 28.1. The number of hydrogen-bond acceptors (Lipinski definition) is 9. The molecular weight excluding hydrogens is 513 g/mol. The van der Waals surface area contributed by atoms with Crippen molar-refractivity contribution >= 4 is 11.8 Å². The zero-order valence-electron chi connectivity index (χ0n) is 21.4. The minimum Gasteiger partial charge on any atom is -0.405 e. The van der Waals surface area contributed by atoms with Crippen molar-refractivity contribution < 1.29 is 28.1 Å². The molecule has 2 aromatic rings. The van der Waals surface area contributed by atoms with Crippen LogP contribution >= 0.6 is 0 Å². The Morgan fingerprint density at radius 2 is 1.90 bits per heavy atom. The lowest BCUT2D eigenvalue weighted by atomic mass is 9.48. The van der Waals surface area contributed by atoms with E-state index >= 15 is 0 Å². The Bertz CT molecular complexity index is 1190. The number of alkyl halides is 3. The van der Waals surface area contributed by atoms with Gasteiger partial charge in [0.15, 0.2) is 0 Å². The van der Waals surface area contributed by atoms with Crippen LogP contribution in [0, 0.1) is 34.5 Å². The van der Waals surface area contributed by atoms with Crippen LogP contribution in [0.15, 0.2) is 30.5 Å². The van der Waals surface area contributed by atoms with Crippen molar-refractivity contribution in [2.75, 3.05) is 30.3 Å². The van der Waals surface area contributed by atoms with Gasteiger partial charge in [-0.2, -0.15) is 10.2 Å². The zero-order chi connectivity index (χ0) is 27.6. The van der Waals surface area contributed by atoms with E-state index in [2.05, 4.69) is 36.7 Å². The van der Waals surface area contributed by atoms with Gasteiger partial charge < -0.3 is 30.9 Å². The van der Waals surface area contributed by atoms with E-state index in [4.69, 9.17) is 5.11 Å².